The number of hydrogen-bond donors (Lipinski definition) is 0. The zero-order valence-electron chi connectivity index (χ0n) is 9.01. The number of benzene rings is 1. The van der Waals surface area contributed by atoms with E-state index in [1.807, 2.05) is 25.1 Å². The van der Waals surface area contributed by atoms with Gasteiger partial charge in [-0.05, 0) is 44.5 Å². The van der Waals surface area contributed by atoms with E-state index >= 15 is 0 Å². The summed E-state index contributed by atoms with van der Waals surface area (Å²) in [7, 11) is 0. The summed E-state index contributed by atoms with van der Waals surface area (Å²) in [4.78, 5) is 0. The summed E-state index contributed by atoms with van der Waals surface area (Å²) in [5.74, 6) is 0. The summed E-state index contributed by atoms with van der Waals surface area (Å²) in [6, 6.07) is 6.25. The van der Waals surface area contributed by atoms with Crippen LogP contribution in [0.1, 0.15) is 25.5 Å². The highest BCUT2D eigenvalue weighted by atomic mass is 35.5. The molecule has 1 heterocycles. The first-order valence-electron chi connectivity index (χ1n) is 4.98. The van der Waals surface area contributed by atoms with Crippen molar-refractivity contribution in [2.24, 2.45) is 0 Å². The summed E-state index contributed by atoms with van der Waals surface area (Å²) in [5.41, 5.74) is 2.25. The minimum Gasteiger partial charge on any atom is -0.329 e. The van der Waals surface area contributed by atoms with Crippen molar-refractivity contribution >= 4 is 34.1 Å². The van der Waals surface area contributed by atoms with Crippen molar-refractivity contribution in [1.82, 2.24) is 4.57 Å². The van der Waals surface area contributed by atoms with Gasteiger partial charge in [0.25, 0.3) is 0 Å². The maximum absolute atomic E-state index is 6.30. The molecule has 0 spiro atoms. The second kappa shape index (κ2) is 3.73. The number of halogens is 2. The summed E-state index contributed by atoms with van der Waals surface area (Å²) in [6.07, 6.45) is 0. The summed E-state index contributed by atoms with van der Waals surface area (Å²) in [6.45, 7) is 6.28. The molecule has 0 aliphatic heterocycles. The van der Waals surface area contributed by atoms with Crippen LogP contribution in [0.3, 0.4) is 0 Å². The predicted octanol–water partition coefficient (Wildman–Crippen LogP) is 4.84. The number of hydrogen-bond acceptors (Lipinski definition) is 0. The molecule has 3 heteroatoms. The van der Waals surface area contributed by atoms with E-state index < -0.39 is 0 Å². The molecule has 0 aliphatic carbocycles. The fourth-order valence-corrected chi connectivity index (χ4v) is 2.48. The lowest BCUT2D eigenvalue weighted by atomic mass is 10.2. The Morgan fingerprint density at radius 3 is 2.47 bits per heavy atom. The fraction of sp³-hybridized carbons (Fsp3) is 0.333. The van der Waals surface area contributed by atoms with Gasteiger partial charge in [0.15, 0.2) is 0 Å². The maximum atomic E-state index is 6.30. The topological polar surface area (TPSA) is 4.93 Å². The van der Waals surface area contributed by atoms with Gasteiger partial charge in [0.05, 0.1) is 0 Å². The number of rotatable bonds is 1. The average Bonchev–Trinajstić information content (AvgIpc) is 2.41. The van der Waals surface area contributed by atoms with Gasteiger partial charge < -0.3 is 4.57 Å². The molecular formula is C12H13Cl2N. The van der Waals surface area contributed by atoms with Crippen LogP contribution in [0.15, 0.2) is 18.2 Å². The number of nitrogens with zero attached hydrogens (tertiary/aromatic N) is 1. The van der Waals surface area contributed by atoms with E-state index in [1.165, 1.54) is 0 Å². The van der Waals surface area contributed by atoms with Crippen LogP contribution in [-0.4, -0.2) is 4.57 Å². The molecule has 1 aromatic carbocycles. The van der Waals surface area contributed by atoms with Gasteiger partial charge in [-0.3, -0.25) is 0 Å². The maximum Gasteiger partial charge on any atom is 0.113 e. The molecule has 0 saturated carbocycles. The molecule has 2 aromatic rings. The van der Waals surface area contributed by atoms with Crippen molar-refractivity contribution in [1.29, 1.82) is 0 Å². The summed E-state index contributed by atoms with van der Waals surface area (Å²) < 4.78 is 2.13. The van der Waals surface area contributed by atoms with E-state index in [0.717, 1.165) is 26.6 Å². The molecule has 0 atom stereocenters. The highest BCUT2D eigenvalue weighted by Gasteiger charge is 2.14. The molecule has 0 radical (unpaired) electrons. The molecule has 0 aliphatic rings. The molecule has 1 nitrogen and oxygen atoms in total. The van der Waals surface area contributed by atoms with Crippen LogP contribution in [0.4, 0.5) is 0 Å². The van der Waals surface area contributed by atoms with E-state index in [2.05, 4.69) is 18.4 Å². The lowest BCUT2D eigenvalue weighted by molar-refractivity contribution is 0.622. The molecule has 80 valence electrons. The van der Waals surface area contributed by atoms with Crippen LogP contribution in [0.5, 0.6) is 0 Å². The van der Waals surface area contributed by atoms with Crippen LogP contribution >= 0.6 is 23.2 Å². The van der Waals surface area contributed by atoms with Gasteiger partial charge in [-0.1, -0.05) is 23.2 Å². The Hall–Kier alpha value is -0.660. The van der Waals surface area contributed by atoms with Crippen molar-refractivity contribution in [2.75, 3.05) is 0 Å². The van der Waals surface area contributed by atoms with Crippen molar-refractivity contribution < 1.29 is 0 Å². The molecular weight excluding hydrogens is 229 g/mol. The first-order chi connectivity index (χ1) is 7.02. The lowest BCUT2D eigenvalue weighted by Gasteiger charge is -2.10. The number of fused-ring (bicyclic) bond motifs is 1. The first-order valence-corrected chi connectivity index (χ1v) is 5.73. The first kappa shape index (κ1) is 10.8. The van der Waals surface area contributed by atoms with Crippen LogP contribution in [0, 0.1) is 6.92 Å². The normalized spacial score (nSPS) is 11.6. The third-order valence-electron chi connectivity index (χ3n) is 2.66. The Morgan fingerprint density at radius 2 is 1.87 bits per heavy atom. The van der Waals surface area contributed by atoms with Crippen LogP contribution < -0.4 is 0 Å². The third-order valence-corrected chi connectivity index (χ3v) is 3.36. The molecule has 0 fully saturated rings. The quantitative estimate of drug-likeness (QED) is 0.674. The molecule has 0 saturated heterocycles. The highest BCUT2D eigenvalue weighted by Crippen LogP contribution is 2.33. The van der Waals surface area contributed by atoms with Gasteiger partial charge >= 0.3 is 0 Å². The second-order valence-electron chi connectivity index (χ2n) is 4.04. The van der Waals surface area contributed by atoms with E-state index in [0.29, 0.717) is 6.04 Å². The molecule has 0 bridgehead atoms. The van der Waals surface area contributed by atoms with Crippen molar-refractivity contribution in [3.63, 3.8) is 0 Å². The van der Waals surface area contributed by atoms with Gasteiger partial charge in [0.1, 0.15) is 5.15 Å². The Bertz CT molecular complexity index is 512. The van der Waals surface area contributed by atoms with E-state index in [-0.39, 0.29) is 0 Å². The van der Waals surface area contributed by atoms with Gasteiger partial charge in [-0.25, -0.2) is 0 Å². The van der Waals surface area contributed by atoms with E-state index in [9.17, 15) is 0 Å². The third kappa shape index (κ3) is 1.64. The van der Waals surface area contributed by atoms with Crippen LogP contribution in [-0.2, 0) is 0 Å². The van der Waals surface area contributed by atoms with Gasteiger partial charge in [-0.2, -0.15) is 0 Å². The summed E-state index contributed by atoms with van der Waals surface area (Å²) in [5, 5.41) is 2.70. The average molecular weight is 242 g/mol. The Kier molecular flexibility index (Phi) is 2.70. The Balaban J connectivity index is 2.87. The van der Waals surface area contributed by atoms with Crippen molar-refractivity contribution in [2.45, 2.75) is 26.8 Å². The zero-order chi connectivity index (χ0) is 11.2. The largest absolute Gasteiger partial charge is 0.329 e. The monoisotopic (exact) mass is 241 g/mol. The van der Waals surface area contributed by atoms with Crippen LogP contribution in [0.2, 0.25) is 10.2 Å². The van der Waals surface area contributed by atoms with E-state index in [4.69, 9.17) is 23.2 Å². The molecule has 0 amide bonds. The fourth-order valence-electron chi connectivity index (χ4n) is 1.92. The standard InChI is InChI=1S/C12H13Cl2N/c1-7(2)15-11-5-4-9(13)6-10(11)8(3)12(15)14/h4-7H,1-3H3. The molecule has 1 aromatic heterocycles. The predicted molar refractivity (Wildman–Crippen MR) is 67.1 cm³/mol. The SMILES string of the molecule is Cc1c(Cl)n(C(C)C)c2ccc(Cl)cc12. The summed E-state index contributed by atoms with van der Waals surface area (Å²) >= 11 is 12.3. The Labute approximate surface area is 99.6 Å². The minimum absolute atomic E-state index is 0.356. The van der Waals surface area contributed by atoms with Crippen LogP contribution in [0.25, 0.3) is 10.9 Å². The molecule has 0 unspecified atom stereocenters. The molecule has 2 rings (SSSR count). The van der Waals surface area contributed by atoms with Gasteiger partial charge in [0, 0.05) is 22.0 Å². The van der Waals surface area contributed by atoms with Gasteiger partial charge in [0.2, 0.25) is 0 Å². The Morgan fingerprint density at radius 1 is 1.20 bits per heavy atom. The van der Waals surface area contributed by atoms with E-state index in [1.54, 1.807) is 0 Å². The zero-order valence-corrected chi connectivity index (χ0v) is 10.5. The minimum atomic E-state index is 0.356. The lowest BCUT2D eigenvalue weighted by Crippen LogP contribution is -1.99. The molecule has 0 N–H and O–H groups in total. The highest BCUT2D eigenvalue weighted by molar-refractivity contribution is 6.33. The molecule has 15 heavy (non-hydrogen) atoms. The number of aromatic nitrogens is 1. The van der Waals surface area contributed by atoms with Crippen molar-refractivity contribution in [3.05, 3.63) is 33.9 Å². The second-order valence-corrected chi connectivity index (χ2v) is 4.84. The van der Waals surface area contributed by atoms with Gasteiger partial charge in [-0.15, -0.1) is 0 Å². The number of aryl methyl sites for hydroxylation is 1. The smallest absolute Gasteiger partial charge is 0.113 e. The van der Waals surface area contributed by atoms with Crippen molar-refractivity contribution in [3.8, 4) is 0 Å².